The molecule has 1 aromatic rings. The van der Waals surface area contributed by atoms with Crippen LogP contribution in [0, 0.1) is 5.82 Å². The third kappa shape index (κ3) is 3.69. The Labute approximate surface area is 107 Å². The molecule has 17 heavy (non-hydrogen) atoms. The standard InChI is InChI=1S/C13H19FN2S/c1-15-9-11-2-3-13(14)12(8-11)10-16-4-6-17-7-5-16/h2-3,8,15H,4-7,9-10H2,1H3. The molecule has 0 saturated carbocycles. The molecule has 1 fully saturated rings. The molecular weight excluding hydrogens is 235 g/mol. The van der Waals surface area contributed by atoms with Crippen LogP contribution in [0.3, 0.4) is 0 Å². The molecule has 0 radical (unpaired) electrons. The van der Waals surface area contributed by atoms with Crippen LogP contribution < -0.4 is 5.32 Å². The summed E-state index contributed by atoms with van der Waals surface area (Å²) in [5.41, 5.74) is 1.97. The molecule has 4 heteroatoms. The summed E-state index contributed by atoms with van der Waals surface area (Å²) in [5, 5.41) is 3.09. The summed E-state index contributed by atoms with van der Waals surface area (Å²) in [7, 11) is 1.91. The van der Waals surface area contributed by atoms with Crippen LogP contribution in [-0.4, -0.2) is 36.5 Å². The third-order valence-corrected chi connectivity index (χ3v) is 3.93. The molecule has 2 nitrogen and oxygen atoms in total. The lowest BCUT2D eigenvalue weighted by atomic mass is 10.1. The summed E-state index contributed by atoms with van der Waals surface area (Å²) >= 11 is 1.98. The van der Waals surface area contributed by atoms with Crippen LogP contribution in [0.15, 0.2) is 18.2 Å². The molecule has 2 rings (SSSR count). The summed E-state index contributed by atoms with van der Waals surface area (Å²) in [5.74, 6) is 2.25. The van der Waals surface area contributed by atoms with E-state index < -0.39 is 0 Å². The summed E-state index contributed by atoms with van der Waals surface area (Å²) in [4.78, 5) is 2.33. The summed E-state index contributed by atoms with van der Waals surface area (Å²) in [6.45, 7) is 3.67. The molecule has 0 unspecified atom stereocenters. The van der Waals surface area contributed by atoms with E-state index >= 15 is 0 Å². The Balaban J connectivity index is 2.04. The van der Waals surface area contributed by atoms with Gasteiger partial charge in [-0.1, -0.05) is 12.1 Å². The second-order valence-corrected chi connectivity index (χ2v) is 5.57. The second kappa shape index (κ2) is 6.38. The lowest BCUT2D eigenvalue weighted by Gasteiger charge is -2.26. The quantitative estimate of drug-likeness (QED) is 0.886. The van der Waals surface area contributed by atoms with Crippen molar-refractivity contribution < 1.29 is 4.39 Å². The van der Waals surface area contributed by atoms with Crippen LogP contribution in [0.2, 0.25) is 0 Å². The predicted octanol–water partition coefficient (Wildman–Crippen LogP) is 2.09. The van der Waals surface area contributed by atoms with Crippen molar-refractivity contribution in [2.75, 3.05) is 31.6 Å². The highest BCUT2D eigenvalue weighted by atomic mass is 32.2. The molecule has 1 heterocycles. The van der Waals surface area contributed by atoms with E-state index in [9.17, 15) is 4.39 Å². The van der Waals surface area contributed by atoms with Gasteiger partial charge in [-0.15, -0.1) is 0 Å². The zero-order valence-corrected chi connectivity index (χ0v) is 11.0. The Kier molecular flexibility index (Phi) is 4.83. The van der Waals surface area contributed by atoms with Crippen molar-refractivity contribution in [3.05, 3.63) is 35.1 Å². The SMILES string of the molecule is CNCc1ccc(F)c(CN2CCSCC2)c1. The van der Waals surface area contributed by atoms with Gasteiger partial charge in [0.2, 0.25) is 0 Å². The van der Waals surface area contributed by atoms with E-state index in [1.165, 1.54) is 0 Å². The first kappa shape index (κ1) is 12.9. The Hall–Kier alpha value is -0.580. The van der Waals surface area contributed by atoms with Gasteiger partial charge < -0.3 is 5.32 Å². The molecule has 0 spiro atoms. The molecule has 1 saturated heterocycles. The lowest BCUT2D eigenvalue weighted by Crippen LogP contribution is -2.32. The number of halogens is 1. The zero-order valence-electron chi connectivity index (χ0n) is 10.2. The van der Waals surface area contributed by atoms with E-state index in [1.54, 1.807) is 6.07 Å². The van der Waals surface area contributed by atoms with E-state index in [4.69, 9.17) is 0 Å². The van der Waals surface area contributed by atoms with Crippen molar-refractivity contribution in [1.29, 1.82) is 0 Å². The van der Waals surface area contributed by atoms with E-state index in [2.05, 4.69) is 10.2 Å². The molecule has 1 aromatic carbocycles. The molecule has 94 valence electrons. The Bertz CT molecular complexity index is 364. The van der Waals surface area contributed by atoms with Gasteiger partial charge in [-0.2, -0.15) is 11.8 Å². The highest BCUT2D eigenvalue weighted by Crippen LogP contribution is 2.16. The van der Waals surface area contributed by atoms with Gasteiger partial charge >= 0.3 is 0 Å². The minimum atomic E-state index is -0.0805. The molecule has 1 N–H and O–H groups in total. The van der Waals surface area contributed by atoms with Crippen LogP contribution in [0.5, 0.6) is 0 Å². The second-order valence-electron chi connectivity index (χ2n) is 4.34. The van der Waals surface area contributed by atoms with Gasteiger partial charge in [-0.3, -0.25) is 4.90 Å². The van der Waals surface area contributed by atoms with Crippen molar-refractivity contribution in [3.63, 3.8) is 0 Å². The molecule has 1 aliphatic heterocycles. The smallest absolute Gasteiger partial charge is 0.127 e. The first-order chi connectivity index (χ1) is 8.29. The highest BCUT2D eigenvalue weighted by Gasteiger charge is 2.13. The van der Waals surface area contributed by atoms with Crippen molar-refractivity contribution >= 4 is 11.8 Å². The van der Waals surface area contributed by atoms with E-state index in [0.29, 0.717) is 0 Å². The van der Waals surface area contributed by atoms with Crippen LogP contribution in [0.1, 0.15) is 11.1 Å². The van der Waals surface area contributed by atoms with Gasteiger partial charge in [-0.25, -0.2) is 4.39 Å². The zero-order chi connectivity index (χ0) is 12.1. The van der Waals surface area contributed by atoms with Gasteiger partial charge in [0.1, 0.15) is 5.82 Å². The highest BCUT2D eigenvalue weighted by molar-refractivity contribution is 7.99. The molecule has 0 aliphatic carbocycles. The van der Waals surface area contributed by atoms with Gasteiger partial charge in [0, 0.05) is 43.2 Å². The van der Waals surface area contributed by atoms with Gasteiger partial charge in [0.05, 0.1) is 0 Å². The minimum absolute atomic E-state index is 0.0805. The number of hydrogen-bond acceptors (Lipinski definition) is 3. The minimum Gasteiger partial charge on any atom is -0.316 e. The number of nitrogens with zero attached hydrogens (tertiary/aromatic N) is 1. The fourth-order valence-corrected chi connectivity index (χ4v) is 3.04. The maximum atomic E-state index is 13.7. The molecule has 0 aromatic heterocycles. The van der Waals surface area contributed by atoms with Crippen molar-refractivity contribution in [3.8, 4) is 0 Å². The molecule has 0 atom stereocenters. The predicted molar refractivity (Wildman–Crippen MR) is 71.8 cm³/mol. The van der Waals surface area contributed by atoms with Crippen LogP contribution >= 0.6 is 11.8 Å². The van der Waals surface area contributed by atoms with Crippen LogP contribution in [0.25, 0.3) is 0 Å². The van der Waals surface area contributed by atoms with Gasteiger partial charge in [-0.05, 0) is 18.7 Å². The maximum Gasteiger partial charge on any atom is 0.127 e. The topological polar surface area (TPSA) is 15.3 Å². The first-order valence-corrected chi connectivity index (χ1v) is 7.17. The third-order valence-electron chi connectivity index (χ3n) is 2.99. The molecule has 1 aliphatic rings. The fraction of sp³-hybridized carbons (Fsp3) is 0.538. The van der Waals surface area contributed by atoms with Gasteiger partial charge in [0.25, 0.3) is 0 Å². The largest absolute Gasteiger partial charge is 0.316 e. The Morgan fingerprint density at radius 2 is 2.12 bits per heavy atom. The number of benzene rings is 1. The monoisotopic (exact) mass is 254 g/mol. The number of thioether (sulfide) groups is 1. The van der Waals surface area contributed by atoms with E-state index in [-0.39, 0.29) is 5.82 Å². The van der Waals surface area contributed by atoms with Crippen molar-refractivity contribution in [2.24, 2.45) is 0 Å². The summed E-state index contributed by atoms with van der Waals surface area (Å²) in [6, 6.07) is 5.41. The number of rotatable bonds is 4. The average molecular weight is 254 g/mol. The number of hydrogen-bond donors (Lipinski definition) is 1. The van der Waals surface area contributed by atoms with E-state index in [0.717, 1.165) is 48.8 Å². The fourth-order valence-electron chi connectivity index (χ4n) is 2.06. The average Bonchev–Trinajstić information content (AvgIpc) is 2.35. The molecule has 0 bridgehead atoms. The molecule has 0 amide bonds. The van der Waals surface area contributed by atoms with Crippen molar-refractivity contribution in [1.82, 2.24) is 10.2 Å². The molecular formula is C13H19FN2S. The van der Waals surface area contributed by atoms with Crippen molar-refractivity contribution in [2.45, 2.75) is 13.1 Å². The summed E-state index contributed by atoms with van der Waals surface area (Å²) < 4.78 is 13.7. The first-order valence-electron chi connectivity index (χ1n) is 6.01. The van der Waals surface area contributed by atoms with E-state index in [1.807, 2.05) is 30.9 Å². The Morgan fingerprint density at radius 1 is 1.35 bits per heavy atom. The maximum absolute atomic E-state index is 13.7. The normalized spacial score (nSPS) is 17.3. The summed E-state index contributed by atoms with van der Waals surface area (Å²) in [6.07, 6.45) is 0. The lowest BCUT2D eigenvalue weighted by molar-refractivity contribution is 0.290. The number of nitrogens with one attached hydrogen (secondary N) is 1. The Morgan fingerprint density at radius 3 is 2.82 bits per heavy atom. The van der Waals surface area contributed by atoms with Crippen LogP contribution in [-0.2, 0) is 13.1 Å². The van der Waals surface area contributed by atoms with Gasteiger partial charge in [0.15, 0.2) is 0 Å². The van der Waals surface area contributed by atoms with Crippen LogP contribution in [0.4, 0.5) is 4.39 Å².